The first-order valence-electron chi connectivity index (χ1n) is 4.15. The molecule has 1 aliphatic carbocycles. The lowest BCUT2D eigenvalue weighted by Gasteiger charge is -2.24. The van der Waals surface area contributed by atoms with Gasteiger partial charge in [-0.1, -0.05) is 6.42 Å². The van der Waals surface area contributed by atoms with E-state index in [1.807, 2.05) is 19.3 Å². The van der Waals surface area contributed by atoms with E-state index in [-0.39, 0.29) is 0 Å². The summed E-state index contributed by atoms with van der Waals surface area (Å²) >= 11 is 0. The number of aryl methyl sites for hydroxylation is 1. The second-order valence-electron chi connectivity index (χ2n) is 3.21. The van der Waals surface area contributed by atoms with Crippen molar-refractivity contribution in [2.24, 2.45) is 0 Å². The molecule has 0 radical (unpaired) electrons. The molecule has 1 heterocycles. The quantitative estimate of drug-likeness (QED) is 0.609. The third-order valence-corrected chi connectivity index (χ3v) is 2.32. The molecule has 0 N–H and O–H groups in total. The van der Waals surface area contributed by atoms with Gasteiger partial charge in [0.1, 0.15) is 0 Å². The molecular weight excluding hydrogens is 136 g/mol. The van der Waals surface area contributed by atoms with Crippen LogP contribution in [0.25, 0.3) is 0 Å². The maximum absolute atomic E-state index is 4.34. The van der Waals surface area contributed by atoms with Gasteiger partial charge in [0.15, 0.2) is 0 Å². The van der Waals surface area contributed by atoms with Crippen LogP contribution in [0.15, 0.2) is 12.4 Å². The Kier molecular flexibility index (Phi) is 1.60. The molecule has 0 spiro atoms. The summed E-state index contributed by atoms with van der Waals surface area (Å²) in [4.78, 5) is 8.56. The fourth-order valence-electron chi connectivity index (χ4n) is 1.32. The second-order valence-corrected chi connectivity index (χ2v) is 3.21. The molecule has 11 heavy (non-hydrogen) atoms. The minimum Gasteiger partial charge on any atom is -0.258 e. The Bertz CT molecular complexity index is 236. The standard InChI is InChI=1S/C9H12N2/c1-7-5-11-9(6-10-7)8-3-2-4-8/h5-6,8H,2-4H2,1H3. The topological polar surface area (TPSA) is 25.8 Å². The predicted molar refractivity (Wildman–Crippen MR) is 43.4 cm³/mol. The Morgan fingerprint density at radius 3 is 2.55 bits per heavy atom. The summed E-state index contributed by atoms with van der Waals surface area (Å²) in [6.07, 6.45) is 7.74. The summed E-state index contributed by atoms with van der Waals surface area (Å²) in [7, 11) is 0. The van der Waals surface area contributed by atoms with E-state index in [0.29, 0.717) is 5.92 Å². The zero-order chi connectivity index (χ0) is 7.68. The lowest BCUT2D eigenvalue weighted by Crippen LogP contribution is -2.10. The molecule has 58 valence electrons. The smallest absolute Gasteiger partial charge is 0.0617 e. The highest BCUT2D eigenvalue weighted by Crippen LogP contribution is 2.34. The molecule has 0 saturated heterocycles. The molecule has 0 unspecified atom stereocenters. The van der Waals surface area contributed by atoms with E-state index in [4.69, 9.17) is 0 Å². The van der Waals surface area contributed by atoms with Crippen molar-refractivity contribution in [2.75, 3.05) is 0 Å². The van der Waals surface area contributed by atoms with E-state index in [2.05, 4.69) is 9.97 Å². The van der Waals surface area contributed by atoms with Gasteiger partial charge in [0.05, 0.1) is 11.4 Å². The molecule has 0 amide bonds. The summed E-state index contributed by atoms with van der Waals surface area (Å²) in [5.41, 5.74) is 2.19. The van der Waals surface area contributed by atoms with Crippen LogP contribution < -0.4 is 0 Å². The van der Waals surface area contributed by atoms with E-state index < -0.39 is 0 Å². The third kappa shape index (κ3) is 1.25. The molecule has 2 nitrogen and oxygen atoms in total. The van der Waals surface area contributed by atoms with E-state index in [0.717, 1.165) is 5.69 Å². The van der Waals surface area contributed by atoms with Crippen LogP contribution in [0, 0.1) is 6.92 Å². The maximum Gasteiger partial charge on any atom is 0.0617 e. The van der Waals surface area contributed by atoms with Crippen LogP contribution in [0.4, 0.5) is 0 Å². The van der Waals surface area contributed by atoms with E-state index in [1.165, 1.54) is 25.0 Å². The second kappa shape index (κ2) is 2.61. The minimum absolute atomic E-state index is 0.711. The molecule has 2 rings (SSSR count). The number of hydrogen-bond acceptors (Lipinski definition) is 2. The van der Waals surface area contributed by atoms with E-state index in [1.54, 1.807) is 0 Å². The summed E-state index contributed by atoms with van der Waals surface area (Å²) in [5, 5.41) is 0. The SMILES string of the molecule is Cc1cnc(C2CCC2)cn1. The van der Waals surface area contributed by atoms with E-state index in [9.17, 15) is 0 Å². The average molecular weight is 148 g/mol. The molecule has 0 bridgehead atoms. The lowest BCUT2D eigenvalue weighted by molar-refractivity contribution is 0.410. The minimum atomic E-state index is 0.711. The molecule has 1 aromatic rings. The molecule has 0 aromatic carbocycles. The van der Waals surface area contributed by atoms with Crippen molar-refractivity contribution < 1.29 is 0 Å². The Labute approximate surface area is 66.7 Å². The first kappa shape index (κ1) is 6.77. The predicted octanol–water partition coefficient (Wildman–Crippen LogP) is 2.05. The van der Waals surface area contributed by atoms with Crippen molar-refractivity contribution >= 4 is 0 Å². The lowest BCUT2D eigenvalue weighted by atomic mass is 9.83. The van der Waals surface area contributed by atoms with Crippen molar-refractivity contribution in [1.29, 1.82) is 0 Å². The zero-order valence-electron chi connectivity index (χ0n) is 6.75. The number of nitrogens with zero attached hydrogens (tertiary/aromatic N) is 2. The molecule has 1 aromatic heterocycles. The van der Waals surface area contributed by atoms with Gasteiger partial charge in [-0.3, -0.25) is 9.97 Å². The fourth-order valence-corrected chi connectivity index (χ4v) is 1.32. The molecular formula is C9H12N2. The van der Waals surface area contributed by atoms with Crippen molar-refractivity contribution in [1.82, 2.24) is 9.97 Å². The van der Waals surface area contributed by atoms with E-state index >= 15 is 0 Å². The van der Waals surface area contributed by atoms with Crippen LogP contribution in [0.2, 0.25) is 0 Å². The fraction of sp³-hybridized carbons (Fsp3) is 0.556. The van der Waals surface area contributed by atoms with Gasteiger partial charge in [-0.2, -0.15) is 0 Å². The van der Waals surface area contributed by atoms with Crippen LogP contribution in [-0.4, -0.2) is 9.97 Å². The summed E-state index contributed by atoms with van der Waals surface area (Å²) < 4.78 is 0. The van der Waals surface area contributed by atoms with Crippen LogP contribution in [0.3, 0.4) is 0 Å². The highest BCUT2D eigenvalue weighted by molar-refractivity contribution is 5.08. The van der Waals surface area contributed by atoms with Gasteiger partial charge in [0, 0.05) is 18.3 Å². The van der Waals surface area contributed by atoms with Crippen molar-refractivity contribution in [3.8, 4) is 0 Å². The highest BCUT2D eigenvalue weighted by Gasteiger charge is 2.20. The zero-order valence-corrected chi connectivity index (χ0v) is 6.75. The molecule has 1 saturated carbocycles. The first-order valence-corrected chi connectivity index (χ1v) is 4.15. The largest absolute Gasteiger partial charge is 0.258 e. The van der Waals surface area contributed by atoms with Gasteiger partial charge in [0.25, 0.3) is 0 Å². The number of hydrogen-bond donors (Lipinski definition) is 0. The van der Waals surface area contributed by atoms with Crippen LogP contribution in [-0.2, 0) is 0 Å². The maximum atomic E-state index is 4.34. The number of rotatable bonds is 1. The highest BCUT2D eigenvalue weighted by atomic mass is 14.8. The van der Waals surface area contributed by atoms with Gasteiger partial charge in [-0.15, -0.1) is 0 Å². The normalized spacial score (nSPS) is 17.9. The molecule has 0 aliphatic heterocycles. The van der Waals surface area contributed by atoms with Crippen LogP contribution in [0.1, 0.15) is 36.6 Å². The molecule has 2 heteroatoms. The third-order valence-electron chi connectivity index (χ3n) is 2.32. The monoisotopic (exact) mass is 148 g/mol. The van der Waals surface area contributed by atoms with Crippen molar-refractivity contribution in [3.05, 3.63) is 23.8 Å². The molecule has 1 aliphatic rings. The Morgan fingerprint density at radius 2 is 2.09 bits per heavy atom. The van der Waals surface area contributed by atoms with Gasteiger partial charge in [0.2, 0.25) is 0 Å². The van der Waals surface area contributed by atoms with Gasteiger partial charge >= 0.3 is 0 Å². The molecule has 1 fully saturated rings. The Morgan fingerprint density at radius 1 is 1.27 bits per heavy atom. The van der Waals surface area contributed by atoms with Gasteiger partial charge < -0.3 is 0 Å². The molecule has 0 atom stereocenters. The van der Waals surface area contributed by atoms with Crippen molar-refractivity contribution in [3.63, 3.8) is 0 Å². The summed E-state index contributed by atoms with van der Waals surface area (Å²) in [6, 6.07) is 0. The Balaban J connectivity index is 2.18. The summed E-state index contributed by atoms with van der Waals surface area (Å²) in [6.45, 7) is 1.97. The summed E-state index contributed by atoms with van der Waals surface area (Å²) in [5.74, 6) is 0.711. The van der Waals surface area contributed by atoms with Crippen molar-refractivity contribution in [2.45, 2.75) is 32.1 Å². The average Bonchev–Trinajstić information content (AvgIpc) is 1.90. The van der Waals surface area contributed by atoms with Gasteiger partial charge in [-0.05, 0) is 19.8 Å². The first-order chi connectivity index (χ1) is 5.36. The van der Waals surface area contributed by atoms with Crippen LogP contribution in [0.5, 0.6) is 0 Å². The number of aromatic nitrogens is 2. The van der Waals surface area contributed by atoms with Gasteiger partial charge in [-0.25, -0.2) is 0 Å². The Hall–Kier alpha value is -0.920. The van der Waals surface area contributed by atoms with Crippen LogP contribution >= 0.6 is 0 Å².